The molecule has 1 aliphatic heterocycles. The van der Waals surface area contributed by atoms with Gasteiger partial charge < -0.3 is 19.4 Å². The first-order valence-corrected chi connectivity index (χ1v) is 13.6. The Kier molecular flexibility index (Phi) is 7.60. The Hall–Kier alpha value is -5.11. The summed E-state index contributed by atoms with van der Waals surface area (Å²) in [6, 6.07) is 15.2. The first-order chi connectivity index (χ1) is 20.5. The SMILES string of the molecule is COc1cc(N(C(=O)Cn2nnc3ccccc32)[C@H](C(=O)NC[C@H]2CCCO2)c2cccn2C)ccc1-n1cnnn1. The van der Waals surface area contributed by atoms with E-state index in [9.17, 15) is 9.59 Å². The van der Waals surface area contributed by atoms with E-state index in [1.807, 2.05) is 54.2 Å². The van der Waals surface area contributed by atoms with Crippen LogP contribution in [-0.4, -0.2) is 77.9 Å². The first kappa shape index (κ1) is 27.1. The number of methoxy groups -OCH3 is 1. The number of nitrogens with zero attached hydrogens (tertiary/aromatic N) is 9. The Labute approximate surface area is 240 Å². The van der Waals surface area contributed by atoms with Crippen LogP contribution in [0.2, 0.25) is 0 Å². The zero-order valence-electron chi connectivity index (χ0n) is 23.2. The van der Waals surface area contributed by atoms with Gasteiger partial charge in [0.1, 0.15) is 29.8 Å². The Morgan fingerprint density at radius 3 is 2.79 bits per heavy atom. The van der Waals surface area contributed by atoms with Crippen LogP contribution in [0.1, 0.15) is 24.6 Å². The van der Waals surface area contributed by atoms with E-state index in [2.05, 4.69) is 31.2 Å². The molecule has 3 aromatic heterocycles. The third-order valence-electron chi connectivity index (χ3n) is 7.31. The third kappa shape index (κ3) is 5.31. The molecular formula is C28H30N10O4. The summed E-state index contributed by atoms with van der Waals surface area (Å²) >= 11 is 0. The number of tetrazole rings is 1. The number of nitrogens with one attached hydrogen (secondary N) is 1. The molecule has 14 nitrogen and oxygen atoms in total. The molecule has 2 atom stereocenters. The molecule has 4 heterocycles. The number of hydrogen-bond acceptors (Lipinski definition) is 9. The van der Waals surface area contributed by atoms with Gasteiger partial charge >= 0.3 is 0 Å². The highest BCUT2D eigenvalue weighted by Crippen LogP contribution is 2.34. The summed E-state index contributed by atoms with van der Waals surface area (Å²) < 4.78 is 16.2. The molecule has 0 saturated carbocycles. The largest absolute Gasteiger partial charge is 0.494 e. The number of carbonyl (C=O) groups excluding carboxylic acids is 2. The van der Waals surface area contributed by atoms with E-state index in [1.165, 1.54) is 27.7 Å². The number of benzene rings is 2. The quantitative estimate of drug-likeness (QED) is 0.266. The van der Waals surface area contributed by atoms with Crippen LogP contribution in [0.3, 0.4) is 0 Å². The zero-order valence-corrected chi connectivity index (χ0v) is 23.2. The molecule has 216 valence electrons. The van der Waals surface area contributed by atoms with Crippen molar-refractivity contribution in [3.63, 3.8) is 0 Å². The van der Waals surface area contributed by atoms with Gasteiger partial charge in [-0.15, -0.1) is 10.2 Å². The van der Waals surface area contributed by atoms with Crippen molar-refractivity contribution in [3.8, 4) is 11.4 Å². The fourth-order valence-corrected chi connectivity index (χ4v) is 5.21. The highest BCUT2D eigenvalue weighted by Gasteiger charge is 2.35. The van der Waals surface area contributed by atoms with E-state index < -0.39 is 6.04 Å². The average molecular weight is 571 g/mol. The lowest BCUT2D eigenvalue weighted by atomic mass is 10.1. The molecule has 1 N–H and O–H groups in total. The monoisotopic (exact) mass is 570 g/mol. The molecule has 2 amide bonds. The van der Waals surface area contributed by atoms with Crippen molar-refractivity contribution in [1.82, 2.24) is 45.1 Å². The van der Waals surface area contributed by atoms with Crippen molar-refractivity contribution in [2.75, 3.05) is 25.2 Å². The number of anilines is 1. The lowest BCUT2D eigenvalue weighted by Gasteiger charge is -2.32. The van der Waals surface area contributed by atoms with Crippen LogP contribution in [0.4, 0.5) is 5.69 Å². The Balaban J connectivity index is 1.43. The summed E-state index contributed by atoms with van der Waals surface area (Å²) in [7, 11) is 3.36. The lowest BCUT2D eigenvalue weighted by Crippen LogP contribution is -2.47. The second-order valence-corrected chi connectivity index (χ2v) is 9.94. The van der Waals surface area contributed by atoms with Crippen LogP contribution < -0.4 is 15.0 Å². The Bertz CT molecular complexity index is 1690. The normalized spacial score (nSPS) is 15.5. The smallest absolute Gasteiger partial charge is 0.249 e. The summed E-state index contributed by atoms with van der Waals surface area (Å²) in [6.45, 7) is 0.861. The maximum absolute atomic E-state index is 14.3. The number of hydrogen-bond donors (Lipinski definition) is 1. The molecule has 1 fully saturated rings. The standard InChI is InChI=1S/C28H30N10O4/c1-35-13-5-10-24(35)27(28(40)29-16-20-7-6-14-42-20)38(26(39)17-36-22-9-4-3-8-21(22)31-33-36)19-11-12-23(25(15-19)41-2)37-18-30-32-34-37/h3-5,8-13,15,18,20,27H,6-7,14,16-17H2,1-2H3,(H,29,40)/t20-,27+/m1/s1. The predicted molar refractivity (Wildman–Crippen MR) is 151 cm³/mol. The van der Waals surface area contributed by atoms with Crippen molar-refractivity contribution in [2.45, 2.75) is 31.5 Å². The number of aryl methyl sites for hydroxylation is 1. The molecule has 0 unspecified atom stereocenters. The fourth-order valence-electron chi connectivity index (χ4n) is 5.21. The molecule has 2 aromatic carbocycles. The van der Waals surface area contributed by atoms with Crippen LogP contribution in [-0.2, 0) is 27.9 Å². The molecule has 0 bridgehead atoms. The second-order valence-electron chi connectivity index (χ2n) is 9.94. The lowest BCUT2D eigenvalue weighted by molar-refractivity contribution is -0.127. The van der Waals surface area contributed by atoms with Crippen molar-refractivity contribution >= 4 is 28.5 Å². The molecule has 42 heavy (non-hydrogen) atoms. The number of ether oxygens (including phenoxy) is 2. The van der Waals surface area contributed by atoms with Gasteiger partial charge in [-0.2, -0.15) is 4.68 Å². The van der Waals surface area contributed by atoms with E-state index >= 15 is 0 Å². The van der Waals surface area contributed by atoms with Gasteiger partial charge in [0, 0.05) is 38.1 Å². The van der Waals surface area contributed by atoms with Gasteiger partial charge in [0.15, 0.2) is 6.04 Å². The summed E-state index contributed by atoms with van der Waals surface area (Å²) in [4.78, 5) is 29.8. The summed E-state index contributed by atoms with van der Waals surface area (Å²) in [6.07, 6.45) is 5.04. The number of para-hydroxylation sites is 1. The molecule has 0 aliphatic carbocycles. The number of carbonyl (C=O) groups is 2. The maximum Gasteiger partial charge on any atom is 0.249 e. The van der Waals surface area contributed by atoms with Crippen molar-refractivity contribution in [2.24, 2.45) is 7.05 Å². The van der Waals surface area contributed by atoms with Crippen LogP contribution >= 0.6 is 0 Å². The average Bonchev–Trinajstić information content (AvgIpc) is 3.83. The van der Waals surface area contributed by atoms with Gasteiger partial charge in [0.05, 0.1) is 24.4 Å². The minimum absolute atomic E-state index is 0.0654. The van der Waals surface area contributed by atoms with E-state index in [0.29, 0.717) is 47.0 Å². The zero-order chi connectivity index (χ0) is 29.1. The van der Waals surface area contributed by atoms with Crippen LogP contribution in [0.5, 0.6) is 5.75 Å². The maximum atomic E-state index is 14.3. The molecule has 5 aromatic rings. The minimum Gasteiger partial charge on any atom is -0.494 e. The van der Waals surface area contributed by atoms with E-state index in [4.69, 9.17) is 9.47 Å². The first-order valence-electron chi connectivity index (χ1n) is 13.6. The molecule has 1 aliphatic rings. The van der Waals surface area contributed by atoms with Gasteiger partial charge in [0.25, 0.3) is 0 Å². The van der Waals surface area contributed by atoms with Gasteiger partial charge in [0.2, 0.25) is 11.8 Å². The number of amides is 2. The molecular weight excluding hydrogens is 540 g/mol. The number of aromatic nitrogens is 8. The summed E-state index contributed by atoms with van der Waals surface area (Å²) in [5.41, 5.74) is 3.00. The van der Waals surface area contributed by atoms with E-state index in [-0.39, 0.29) is 24.5 Å². The molecule has 0 spiro atoms. The van der Waals surface area contributed by atoms with Crippen LogP contribution in [0.15, 0.2) is 67.1 Å². The van der Waals surface area contributed by atoms with E-state index in [1.54, 1.807) is 18.2 Å². The van der Waals surface area contributed by atoms with Crippen molar-refractivity contribution in [1.29, 1.82) is 0 Å². The van der Waals surface area contributed by atoms with Crippen LogP contribution in [0, 0.1) is 0 Å². The van der Waals surface area contributed by atoms with Gasteiger partial charge in [-0.1, -0.05) is 17.3 Å². The minimum atomic E-state index is -1.02. The Morgan fingerprint density at radius 1 is 1.17 bits per heavy atom. The molecule has 14 heteroatoms. The number of rotatable bonds is 10. The molecule has 1 saturated heterocycles. The highest BCUT2D eigenvalue weighted by atomic mass is 16.5. The van der Waals surface area contributed by atoms with Crippen LogP contribution in [0.25, 0.3) is 16.7 Å². The van der Waals surface area contributed by atoms with Crippen molar-refractivity contribution in [3.05, 3.63) is 72.8 Å². The van der Waals surface area contributed by atoms with Gasteiger partial charge in [-0.25, -0.2) is 4.68 Å². The number of fused-ring (bicyclic) bond motifs is 1. The second kappa shape index (κ2) is 11.8. The summed E-state index contributed by atoms with van der Waals surface area (Å²) in [5, 5.41) is 22.8. The van der Waals surface area contributed by atoms with Gasteiger partial charge in [-0.05, 0) is 59.7 Å². The predicted octanol–water partition coefficient (Wildman–Crippen LogP) is 1.82. The van der Waals surface area contributed by atoms with Gasteiger partial charge in [-0.3, -0.25) is 14.5 Å². The summed E-state index contributed by atoms with van der Waals surface area (Å²) in [5.74, 6) is -0.303. The Morgan fingerprint density at radius 2 is 2.05 bits per heavy atom. The van der Waals surface area contributed by atoms with Crippen molar-refractivity contribution < 1.29 is 19.1 Å². The molecule has 0 radical (unpaired) electrons. The third-order valence-corrected chi connectivity index (χ3v) is 7.31. The topological polar surface area (TPSA) is 147 Å². The fraction of sp³-hybridized carbons (Fsp3) is 0.321. The molecule has 6 rings (SSSR count). The highest BCUT2D eigenvalue weighted by molar-refractivity contribution is 6.01. The van der Waals surface area contributed by atoms with E-state index in [0.717, 1.165) is 12.8 Å².